The topological polar surface area (TPSA) is 66.6 Å². The zero-order chi connectivity index (χ0) is 11.5. The Hall–Kier alpha value is -1.39. The number of anilines is 1. The Morgan fingerprint density at radius 1 is 1.50 bits per heavy atom. The summed E-state index contributed by atoms with van der Waals surface area (Å²) in [7, 11) is 0. The maximum absolute atomic E-state index is 11.8. The first-order chi connectivity index (χ1) is 7.77. The highest BCUT2D eigenvalue weighted by Gasteiger charge is 2.25. The number of amides is 1. The third-order valence-electron chi connectivity index (χ3n) is 2.95. The molecule has 0 spiro atoms. The van der Waals surface area contributed by atoms with Crippen molar-refractivity contribution in [1.29, 1.82) is 0 Å². The third kappa shape index (κ3) is 1.81. The molecule has 0 unspecified atom stereocenters. The Kier molecular flexibility index (Phi) is 3.22. The van der Waals surface area contributed by atoms with Gasteiger partial charge < -0.3 is 15.7 Å². The molecule has 0 atom stereocenters. The Labute approximate surface area is 94.7 Å². The summed E-state index contributed by atoms with van der Waals surface area (Å²) in [6.07, 6.45) is 1.20. The molecule has 1 aliphatic rings. The molecule has 0 saturated heterocycles. The van der Waals surface area contributed by atoms with Gasteiger partial charge in [0, 0.05) is 25.2 Å². The lowest BCUT2D eigenvalue weighted by Gasteiger charge is -2.17. The molecule has 1 aromatic carbocycles. The van der Waals surface area contributed by atoms with E-state index in [1.807, 2.05) is 18.2 Å². The number of rotatable bonds is 3. The van der Waals surface area contributed by atoms with Gasteiger partial charge in [0.2, 0.25) is 5.91 Å². The van der Waals surface area contributed by atoms with Gasteiger partial charge in [-0.1, -0.05) is 12.1 Å². The van der Waals surface area contributed by atoms with Gasteiger partial charge in [-0.05, 0) is 23.6 Å². The van der Waals surface area contributed by atoms with Crippen molar-refractivity contribution in [2.24, 2.45) is 5.73 Å². The van der Waals surface area contributed by atoms with Crippen molar-refractivity contribution in [1.82, 2.24) is 0 Å². The second-order valence-electron chi connectivity index (χ2n) is 3.91. The van der Waals surface area contributed by atoms with Crippen LogP contribution in [-0.2, 0) is 17.8 Å². The highest BCUT2D eigenvalue weighted by molar-refractivity contribution is 5.95. The quantitative estimate of drug-likeness (QED) is 0.775. The van der Waals surface area contributed by atoms with E-state index < -0.39 is 0 Å². The molecule has 0 aliphatic carbocycles. The number of aliphatic hydroxyl groups is 1. The monoisotopic (exact) mass is 220 g/mol. The van der Waals surface area contributed by atoms with E-state index >= 15 is 0 Å². The predicted molar refractivity (Wildman–Crippen MR) is 62.1 cm³/mol. The lowest BCUT2D eigenvalue weighted by atomic mass is 10.1. The minimum atomic E-state index is 0.0299. The molecule has 1 heterocycles. The zero-order valence-corrected chi connectivity index (χ0v) is 9.15. The van der Waals surface area contributed by atoms with E-state index in [9.17, 15) is 9.90 Å². The van der Waals surface area contributed by atoms with Crippen LogP contribution in [0, 0.1) is 0 Å². The van der Waals surface area contributed by atoms with E-state index in [0.717, 1.165) is 23.2 Å². The van der Waals surface area contributed by atoms with Crippen LogP contribution < -0.4 is 10.6 Å². The number of nitrogens with zero attached hydrogens (tertiary/aromatic N) is 1. The molecule has 2 rings (SSSR count). The molecule has 3 N–H and O–H groups in total. The summed E-state index contributed by atoms with van der Waals surface area (Å²) in [6, 6.07) is 5.70. The number of benzene rings is 1. The Bertz CT molecular complexity index is 404. The molecule has 0 aromatic heterocycles. The second-order valence-corrected chi connectivity index (χ2v) is 3.91. The predicted octanol–water partition coefficient (Wildman–Crippen LogP) is 0.417. The summed E-state index contributed by atoms with van der Waals surface area (Å²) in [5.74, 6) is 0.0661. The smallest absolute Gasteiger partial charge is 0.228 e. The van der Waals surface area contributed by atoms with Crippen molar-refractivity contribution in [3.63, 3.8) is 0 Å². The van der Waals surface area contributed by atoms with E-state index in [2.05, 4.69) is 0 Å². The fourth-order valence-electron chi connectivity index (χ4n) is 2.17. The van der Waals surface area contributed by atoms with Crippen LogP contribution in [0.1, 0.15) is 17.5 Å². The molecule has 0 radical (unpaired) electrons. The number of carbonyl (C=O) groups is 1. The molecular formula is C12H16N2O2. The number of hydrogen-bond acceptors (Lipinski definition) is 3. The lowest BCUT2D eigenvalue weighted by Crippen LogP contribution is -2.30. The van der Waals surface area contributed by atoms with Crippen molar-refractivity contribution >= 4 is 11.6 Å². The number of hydrogen-bond donors (Lipinski definition) is 2. The second kappa shape index (κ2) is 4.63. The van der Waals surface area contributed by atoms with Gasteiger partial charge in [-0.15, -0.1) is 0 Å². The van der Waals surface area contributed by atoms with Gasteiger partial charge in [0.25, 0.3) is 0 Å². The summed E-state index contributed by atoms with van der Waals surface area (Å²) in [4.78, 5) is 13.6. The first-order valence-corrected chi connectivity index (χ1v) is 5.50. The molecule has 4 nitrogen and oxygen atoms in total. The maximum Gasteiger partial charge on any atom is 0.228 e. The van der Waals surface area contributed by atoms with E-state index in [4.69, 9.17) is 5.73 Å². The number of nitrogens with two attached hydrogens (primary N) is 1. The van der Waals surface area contributed by atoms with Gasteiger partial charge >= 0.3 is 0 Å². The molecule has 0 bridgehead atoms. The van der Waals surface area contributed by atoms with Gasteiger partial charge in [-0.3, -0.25) is 4.79 Å². The lowest BCUT2D eigenvalue weighted by molar-refractivity contribution is -0.118. The number of aliphatic hydroxyl groups excluding tert-OH is 1. The third-order valence-corrected chi connectivity index (χ3v) is 2.95. The summed E-state index contributed by atoms with van der Waals surface area (Å²) in [5, 5.41) is 9.21. The van der Waals surface area contributed by atoms with Crippen molar-refractivity contribution in [2.75, 3.05) is 18.0 Å². The first kappa shape index (κ1) is 11.1. The summed E-state index contributed by atoms with van der Waals surface area (Å²) >= 11 is 0. The molecule has 0 fully saturated rings. The van der Waals surface area contributed by atoms with Crippen molar-refractivity contribution in [3.8, 4) is 0 Å². The molecule has 16 heavy (non-hydrogen) atoms. The zero-order valence-electron chi connectivity index (χ0n) is 9.15. The number of carbonyl (C=O) groups excluding carboxylic acids is 1. The molecule has 4 heteroatoms. The van der Waals surface area contributed by atoms with E-state index in [1.54, 1.807) is 4.90 Å². The van der Waals surface area contributed by atoms with Gasteiger partial charge in [-0.25, -0.2) is 0 Å². The molecular weight excluding hydrogens is 204 g/mol. The van der Waals surface area contributed by atoms with Crippen molar-refractivity contribution < 1.29 is 9.90 Å². The fourth-order valence-corrected chi connectivity index (χ4v) is 2.17. The highest BCUT2D eigenvalue weighted by Crippen LogP contribution is 2.31. The normalized spacial score (nSPS) is 14.0. The minimum absolute atomic E-state index is 0.0299. The van der Waals surface area contributed by atoms with Crippen LogP contribution in [0.5, 0.6) is 0 Å². The maximum atomic E-state index is 11.8. The van der Waals surface area contributed by atoms with Crippen molar-refractivity contribution in [2.45, 2.75) is 19.4 Å². The van der Waals surface area contributed by atoms with Crippen molar-refractivity contribution in [3.05, 3.63) is 29.3 Å². The largest absolute Gasteiger partial charge is 0.392 e. The SMILES string of the molecule is NCCC(=O)N1CCc2c(CO)cccc21. The average molecular weight is 220 g/mol. The van der Waals surface area contributed by atoms with Crippen LogP contribution in [0.4, 0.5) is 5.69 Å². The van der Waals surface area contributed by atoms with Crippen LogP contribution in [0.15, 0.2) is 18.2 Å². The molecule has 86 valence electrons. The molecule has 1 aromatic rings. The highest BCUT2D eigenvalue weighted by atomic mass is 16.3. The molecule has 1 amide bonds. The van der Waals surface area contributed by atoms with Gasteiger partial charge in [0.1, 0.15) is 0 Å². The van der Waals surface area contributed by atoms with Gasteiger partial charge in [0.15, 0.2) is 0 Å². The molecule has 0 saturated carbocycles. The van der Waals surface area contributed by atoms with E-state index in [-0.39, 0.29) is 12.5 Å². The van der Waals surface area contributed by atoms with Gasteiger partial charge in [-0.2, -0.15) is 0 Å². The van der Waals surface area contributed by atoms with E-state index in [0.29, 0.717) is 19.5 Å². The molecule has 1 aliphatic heterocycles. The summed E-state index contributed by atoms with van der Waals surface area (Å²) in [6.45, 7) is 1.11. The van der Waals surface area contributed by atoms with Crippen LogP contribution in [-0.4, -0.2) is 24.1 Å². The minimum Gasteiger partial charge on any atom is -0.392 e. The average Bonchev–Trinajstić information content (AvgIpc) is 2.72. The Morgan fingerprint density at radius 3 is 3.00 bits per heavy atom. The standard InChI is InChI=1S/C12H16N2O2/c13-6-4-12(16)14-7-5-10-9(8-15)2-1-3-11(10)14/h1-3,15H,4-8,13H2. The number of fused-ring (bicyclic) bond motifs is 1. The van der Waals surface area contributed by atoms with Crippen LogP contribution in [0.25, 0.3) is 0 Å². The van der Waals surface area contributed by atoms with Crippen LogP contribution in [0.3, 0.4) is 0 Å². The Balaban J connectivity index is 2.29. The summed E-state index contributed by atoms with van der Waals surface area (Å²) in [5.41, 5.74) is 8.33. The van der Waals surface area contributed by atoms with Crippen LogP contribution in [0.2, 0.25) is 0 Å². The van der Waals surface area contributed by atoms with E-state index in [1.165, 1.54) is 0 Å². The Morgan fingerprint density at radius 2 is 2.31 bits per heavy atom. The van der Waals surface area contributed by atoms with Gasteiger partial charge in [0.05, 0.1) is 6.61 Å². The van der Waals surface area contributed by atoms with Crippen LogP contribution >= 0.6 is 0 Å². The first-order valence-electron chi connectivity index (χ1n) is 5.50. The fraction of sp³-hybridized carbons (Fsp3) is 0.417. The summed E-state index contributed by atoms with van der Waals surface area (Å²) < 4.78 is 0.